The Kier molecular flexibility index (Phi) is 9.79. The number of hydrogen-bond donors (Lipinski definition) is 2. The van der Waals surface area contributed by atoms with Crippen LogP contribution in [0.5, 0.6) is 0 Å². The van der Waals surface area contributed by atoms with Crippen molar-refractivity contribution in [3.8, 4) is 0 Å². The molecule has 0 aromatic heterocycles. The Morgan fingerprint density at radius 1 is 1.26 bits per heavy atom. The molecule has 4 nitrogen and oxygen atoms in total. The minimum Gasteiger partial charge on any atom is -0.353 e. The van der Waals surface area contributed by atoms with E-state index >= 15 is 0 Å². The van der Waals surface area contributed by atoms with Crippen LogP contribution >= 0.6 is 24.8 Å². The number of amides is 1. The summed E-state index contributed by atoms with van der Waals surface area (Å²) < 4.78 is 0. The average molecular weight is 312 g/mol. The molecule has 1 aliphatic heterocycles. The third-order valence-electron chi connectivity index (χ3n) is 3.79. The summed E-state index contributed by atoms with van der Waals surface area (Å²) in [5.41, 5.74) is 0. The van der Waals surface area contributed by atoms with E-state index < -0.39 is 0 Å². The molecular formula is C13H27Cl2N3O. The molecule has 114 valence electrons. The van der Waals surface area contributed by atoms with Gasteiger partial charge in [0, 0.05) is 19.1 Å². The molecule has 0 radical (unpaired) electrons. The largest absolute Gasteiger partial charge is 0.353 e. The van der Waals surface area contributed by atoms with Gasteiger partial charge in [-0.2, -0.15) is 0 Å². The highest BCUT2D eigenvalue weighted by molar-refractivity contribution is 5.85. The first kappa shape index (κ1) is 19.0. The highest BCUT2D eigenvalue weighted by Gasteiger charge is 2.27. The summed E-state index contributed by atoms with van der Waals surface area (Å²) in [6, 6.07) is 0.851. The van der Waals surface area contributed by atoms with Gasteiger partial charge in [0.05, 0.1) is 6.04 Å². The van der Waals surface area contributed by atoms with E-state index in [9.17, 15) is 4.79 Å². The summed E-state index contributed by atoms with van der Waals surface area (Å²) in [4.78, 5) is 14.3. The molecule has 2 N–H and O–H groups in total. The van der Waals surface area contributed by atoms with Crippen LogP contribution in [0.4, 0.5) is 0 Å². The van der Waals surface area contributed by atoms with Crippen molar-refractivity contribution in [1.82, 2.24) is 15.5 Å². The van der Waals surface area contributed by atoms with Gasteiger partial charge < -0.3 is 10.6 Å². The summed E-state index contributed by atoms with van der Waals surface area (Å²) in [5, 5.41) is 6.34. The van der Waals surface area contributed by atoms with Gasteiger partial charge in [-0.1, -0.05) is 13.3 Å². The predicted molar refractivity (Wildman–Crippen MR) is 83.4 cm³/mol. The van der Waals surface area contributed by atoms with Gasteiger partial charge in [-0.25, -0.2) is 0 Å². The number of nitrogens with zero attached hydrogens (tertiary/aromatic N) is 1. The van der Waals surface area contributed by atoms with Crippen molar-refractivity contribution < 1.29 is 4.79 Å². The Morgan fingerprint density at radius 2 is 2.00 bits per heavy atom. The SMILES string of the molecule is CCN(CCNC(=O)C1CCCCN1)C1CC1.Cl.Cl. The van der Waals surface area contributed by atoms with Crippen molar-refractivity contribution in [3.05, 3.63) is 0 Å². The van der Waals surface area contributed by atoms with E-state index in [1.807, 2.05) is 0 Å². The van der Waals surface area contributed by atoms with Gasteiger partial charge in [0.15, 0.2) is 0 Å². The van der Waals surface area contributed by atoms with Gasteiger partial charge in [-0.15, -0.1) is 24.8 Å². The van der Waals surface area contributed by atoms with Gasteiger partial charge >= 0.3 is 0 Å². The smallest absolute Gasteiger partial charge is 0.237 e. The lowest BCUT2D eigenvalue weighted by Gasteiger charge is -2.24. The summed E-state index contributed by atoms with van der Waals surface area (Å²) >= 11 is 0. The first-order valence-electron chi connectivity index (χ1n) is 7.06. The number of likely N-dealkylation sites (N-methyl/N-ethyl adjacent to an activating group) is 1. The zero-order valence-corrected chi connectivity index (χ0v) is 13.3. The third kappa shape index (κ3) is 6.30. The second-order valence-electron chi connectivity index (χ2n) is 5.15. The van der Waals surface area contributed by atoms with Crippen molar-refractivity contribution in [2.75, 3.05) is 26.2 Å². The third-order valence-corrected chi connectivity index (χ3v) is 3.79. The number of carbonyl (C=O) groups excluding carboxylic acids is 1. The minimum atomic E-state index is 0. The molecule has 1 heterocycles. The highest BCUT2D eigenvalue weighted by atomic mass is 35.5. The number of halogens is 2. The first-order valence-corrected chi connectivity index (χ1v) is 7.06. The van der Waals surface area contributed by atoms with E-state index in [2.05, 4.69) is 22.5 Å². The zero-order chi connectivity index (χ0) is 12.1. The van der Waals surface area contributed by atoms with Gasteiger partial charge in [0.2, 0.25) is 5.91 Å². The van der Waals surface area contributed by atoms with Crippen LogP contribution in [-0.4, -0.2) is 49.1 Å². The highest BCUT2D eigenvalue weighted by Crippen LogP contribution is 2.25. The second kappa shape index (κ2) is 9.81. The van der Waals surface area contributed by atoms with Gasteiger partial charge in [0.25, 0.3) is 0 Å². The number of rotatable bonds is 6. The van der Waals surface area contributed by atoms with Crippen LogP contribution in [-0.2, 0) is 4.79 Å². The summed E-state index contributed by atoms with van der Waals surface area (Å²) in [7, 11) is 0. The Labute approximate surface area is 128 Å². The van der Waals surface area contributed by atoms with Crippen LogP contribution in [0, 0.1) is 0 Å². The Hall–Kier alpha value is -0.0300. The molecule has 0 spiro atoms. The molecule has 0 aromatic carbocycles. The number of piperidine rings is 1. The molecule has 1 amide bonds. The Bertz CT molecular complexity index is 256. The maximum atomic E-state index is 11.9. The topological polar surface area (TPSA) is 44.4 Å². The second-order valence-corrected chi connectivity index (χ2v) is 5.15. The molecule has 1 atom stereocenters. The average Bonchev–Trinajstić information content (AvgIpc) is 3.20. The number of nitrogens with one attached hydrogen (secondary N) is 2. The maximum Gasteiger partial charge on any atom is 0.237 e. The summed E-state index contributed by atoms with van der Waals surface area (Å²) in [6.45, 7) is 6.08. The summed E-state index contributed by atoms with van der Waals surface area (Å²) in [6.07, 6.45) is 6.05. The van der Waals surface area contributed by atoms with Crippen LogP contribution in [0.3, 0.4) is 0 Å². The summed E-state index contributed by atoms with van der Waals surface area (Å²) in [5.74, 6) is 0.191. The molecule has 1 unspecified atom stereocenters. The molecule has 2 aliphatic rings. The van der Waals surface area contributed by atoms with E-state index in [0.717, 1.165) is 38.6 Å². The molecule has 1 aliphatic carbocycles. The molecule has 19 heavy (non-hydrogen) atoms. The van der Waals surface area contributed by atoms with Crippen LogP contribution in [0.25, 0.3) is 0 Å². The molecule has 0 bridgehead atoms. The lowest BCUT2D eigenvalue weighted by molar-refractivity contribution is -0.123. The van der Waals surface area contributed by atoms with Crippen LogP contribution in [0.15, 0.2) is 0 Å². The number of hydrogen-bond acceptors (Lipinski definition) is 3. The number of carbonyl (C=O) groups is 1. The zero-order valence-electron chi connectivity index (χ0n) is 11.7. The van der Waals surface area contributed by atoms with E-state index in [0.29, 0.717) is 0 Å². The lowest BCUT2D eigenvalue weighted by Crippen LogP contribution is -2.48. The normalized spacial score (nSPS) is 22.3. The minimum absolute atomic E-state index is 0. The monoisotopic (exact) mass is 311 g/mol. The van der Waals surface area contributed by atoms with Gasteiger partial charge in [-0.3, -0.25) is 9.69 Å². The van der Waals surface area contributed by atoms with Crippen molar-refractivity contribution in [3.63, 3.8) is 0 Å². The fraction of sp³-hybridized carbons (Fsp3) is 0.923. The molecule has 6 heteroatoms. The van der Waals surface area contributed by atoms with E-state index in [-0.39, 0.29) is 36.8 Å². The molecule has 0 aromatic rings. The van der Waals surface area contributed by atoms with Gasteiger partial charge in [0.1, 0.15) is 0 Å². The van der Waals surface area contributed by atoms with Crippen LogP contribution < -0.4 is 10.6 Å². The first-order chi connectivity index (χ1) is 8.31. The maximum absolute atomic E-state index is 11.9. The van der Waals surface area contributed by atoms with Crippen molar-refractivity contribution in [2.45, 2.75) is 51.1 Å². The van der Waals surface area contributed by atoms with Gasteiger partial charge in [-0.05, 0) is 38.8 Å². The Balaban J connectivity index is 0.00000162. The predicted octanol–water partition coefficient (Wildman–Crippen LogP) is 1.57. The van der Waals surface area contributed by atoms with E-state index in [1.165, 1.54) is 25.7 Å². The standard InChI is InChI=1S/C13H25N3O.2ClH/c1-2-16(11-6-7-11)10-9-15-13(17)12-5-3-4-8-14-12;;/h11-12,14H,2-10H2,1H3,(H,15,17);2*1H. The van der Waals surface area contributed by atoms with E-state index in [4.69, 9.17) is 0 Å². The molecule has 1 saturated heterocycles. The van der Waals surface area contributed by atoms with E-state index in [1.54, 1.807) is 0 Å². The molecule has 2 rings (SSSR count). The molecule has 1 saturated carbocycles. The molecular weight excluding hydrogens is 285 g/mol. The van der Waals surface area contributed by atoms with Crippen LogP contribution in [0.2, 0.25) is 0 Å². The molecule has 2 fully saturated rings. The lowest BCUT2D eigenvalue weighted by atomic mass is 10.0. The van der Waals surface area contributed by atoms with Crippen LogP contribution in [0.1, 0.15) is 39.0 Å². The van der Waals surface area contributed by atoms with Crippen molar-refractivity contribution >= 4 is 30.7 Å². The fourth-order valence-electron chi connectivity index (χ4n) is 2.56. The Morgan fingerprint density at radius 3 is 2.53 bits per heavy atom. The quantitative estimate of drug-likeness (QED) is 0.782. The van der Waals surface area contributed by atoms with Crippen molar-refractivity contribution in [1.29, 1.82) is 0 Å². The van der Waals surface area contributed by atoms with Crippen molar-refractivity contribution in [2.24, 2.45) is 0 Å². The fourth-order valence-corrected chi connectivity index (χ4v) is 2.56.